The number of hydrogen-bond donors (Lipinski definition) is 0. The fourth-order valence-electron chi connectivity index (χ4n) is 2.16. The van der Waals surface area contributed by atoms with Gasteiger partial charge in [-0.3, -0.25) is 0 Å². The van der Waals surface area contributed by atoms with Crippen LogP contribution in [-0.2, 0) is 0 Å². The van der Waals surface area contributed by atoms with Crippen LogP contribution in [0.15, 0.2) is 95.0 Å². The molecule has 0 atom stereocenters. The predicted octanol–water partition coefficient (Wildman–Crippen LogP) is 6.41. The maximum Gasteiger partial charge on any atom is 0.161 e. The first-order valence-electron chi connectivity index (χ1n) is 7.07. The minimum atomic E-state index is -0.210. The third-order valence-corrected chi connectivity index (χ3v) is 4.08. The highest BCUT2D eigenvalue weighted by Crippen LogP contribution is 2.29. The highest BCUT2D eigenvalue weighted by atomic mass is 32.2. The maximum atomic E-state index is 14.0. The Hall–Kier alpha value is -2.32. The number of rotatable bonds is 4. The van der Waals surface area contributed by atoms with Gasteiger partial charge in [0.15, 0.2) is 5.16 Å². The third kappa shape index (κ3) is 3.86. The molecule has 3 aromatic carbocycles. The first-order chi connectivity index (χ1) is 10.8. The fourth-order valence-corrected chi connectivity index (χ4v) is 2.88. The largest absolute Gasteiger partial charge is 0.199 e. The molecule has 0 amide bonds. The van der Waals surface area contributed by atoms with Gasteiger partial charge in [0.05, 0.1) is 0 Å². The molecule has 108 valence electrons. The SMILES string of the molecule is F/C(=C\c1ccc(-c2ccccc2)cc1)Sc1ccccc1. The number of hydrogen-bond acceptors (Lipinski definition) is 1. The Morgan fingerprint density at radius 1 is 0.682 bits per heavy atom. The normalized spacial score (nSPS) is 11.4. The molecule has 0 heterocycles. The molecule has 0 aliphatic heterocycles. The van der Waals surface area contributed by atoms with Crippen LogP contribution in [0.2, 0.25) is 0 Å². The number of halogens is 1. The van der Waals surface area contributed by atoms with Crippen molar-refractivity contribution in [3.8, 4) is 11.1 Å². The minimum absolute atomic E-state index is 0.210. The van der Waals surface area contributed by atoms with Gasteiger partial charge in [-0.1, -0.05) is 84.6 Å². The molecule has 0 saturated carbocycles. The van der Waals surface area contributed by atoms with Crippen molar-refractivity contribution in [1.82, 2.24) is 0 Å². The van der Waals surface area contributed by atoms with Crippen molar-refractivity contribution in [3.05, 3.63) is 95.7 Å². The zero-order valence-corrected chi connectivity index (χ0v) is 12.8. The van der Waals surface area contributed by atoms with Crippen molar-refractivity contribution in [1.29, 1.82) is 0 Å². The Kier molecular flexibility index (Phi) is 4.71. The molecule has 0 spiro atoms. The van der Waals surface area contributed by atoms with Gasteiger partial charge in [0.2, 0.25) is 0 Å². The van der Waals surface area contributed by atoms with E-state index in [0.717, 1.165) is 33.3 Å². The van der Waals surface area contributed by atoms with E-state index in [4.69, 9.17) is 0 Å². The van der Waals surface area contributed by atoms with E-state index in [1.54, 1.807) is 6.08 Å². The average Bonchev–Trinajstić information content (AvgIpc) is 2.57. The molecule has 3 rings (SSSR count). The first kappa shape index (κ1) is 14.6. The minimum Gasteiger partial charge on any atom is -0.199 e. The van der Waals surface area contributed by atoms with Crippen molar-refractivity contribution in [3.63, 3.8) is 0 Å². The second kappa shape index (κ2) is 7.10. The fraction of sp³-hybridized carbons (Fsp3) is 0. The summed E-state index contributed by atoms with van der Waals surface area (Å²) in [5.41, 5.74) is 3.16. The van der Waals surface area contributed by atoms with Crippen LogP contribution in [-0.4, -0.2) is 0 Å². The van der Waals surface area contributed by atoms with E-state index in [9.17, 15) is 4.39 Å². The van der Waals surface area contributed by atoms with Crippen LogP contribution >= 0.6 is 11.8 Å². The van der Waals surface area contributed by atoms with Gasteiger partial charge in [-0.05, 0) is 34.9 Å². The molecule has 0 nitrogen and oxygen atoms in total. The Bertz CT molecular complexity index is 747. The van der Waals surface area contributed by atoms with Gasteiger partial charge in [-0.15, -0.1) is 0 Å². The van der Waals surface area contributed by atoms with Crippen LogP contribution in [0.25, 0.3) is 17.2 Å². The molecule has 0 radical (unpaired) electrons. The second-order valence-electron chi connectivity index (χ2n) is 4.85. The summed E-state index contributed by atoms with van der Waals surface area (Å²) in [6.45, 7) is 0. The number of thioether (sulfide) groups is 1. The quantitative estimate of drug-likeness (QED) is 0.502. The summed E-state index contributed by atoms with van der Waals surface area (Å²) in [5, 5.41) is -0.210. The summed E-state index contributed by atoms with van der Waals surface area (Å²) in [5.74, 6) is 0. The summed E-state index contributed by atoms with van der Waals surface area (Å²) >= 11 is 1.13. The third-order valence-electron chi connectivity index (χ3n) is 3.26. The molecule has 2 heteroatoms. The van der Waals surface area contributed by atoms with Gasteiger partial charge in [-0.25, -0.2) is 0 Å². The van der Waals surface area contributed by atoms with Gasteiger partial charge >= 0.3 is 0 Å². The van der Waals surface area contributed by atoms with Gasteiger partial charge in [0.1, 0.15) is 0 Å². The molecule has 0 fully saturated rings. The summed E-state index contributed by atoms with van der Waals surface area (Å²) in [6.07, 6.45) is 1.56. The molecule has 3 aromatic rings. The summed E-state index contributed by atoms with van der Waals surface area (Å²) in [4.78, 5) is 0.900. The molecule has 0 aliphatic rings. The van der Waals surface area contributed by atoms with Crippen LogP contribution in [0, 0.1) is 0 Å². The van der Waals surface area contributed by atoms with E-state index >= 15 is 0 Å². The summed E-state index contributed by atoms with van der Waals surface area (Å²) < 4.78 is 14.0. The average molecular weight is 306 g/mol. The molecule has 22 heavy (non-hydrogen) atoms. The Balaban J connectivity index is 1.74. The van der Waals surface area contributed by atoms with Crippen LogP contribution in [0.5, 0.6) is 0 Å². The van der Waals surface area contributed by atoms with E-state index in [1.165, 1.54) is 0 Å². The summed E-state index contributed by atoms with van der Waals surface area (Å²) in [7, 11) is 0. The molecule has 0 aromatic heterocycles. The van der Waals surface area contributed by atoms with Crippen LogP contribution in [0.4, 0.5) is 4.39 Å². The van der Waals surface area contributed by atoms with E-state index in [2.05, 4.69) is 12.1 Å². The smallest absolute Gasteiger partial charge is 0.161 e. The first-order valence-corrected chi connectivity index (χ1v) is 7.88. The Labute approximate surface area is 134 Å². The van der Waals surface area contributed by atoms with Crippen molar-refractivity contribution < 1.29 is 4.39 Å². The topological polar surface area (TPSA) is 0 Å². The lowest BCUT2D eigenvalue weighted by molar-refractivity contribution is 0.706. The zero-order chi connectivity index (χ0) is 15.2. The standard InChI is InChI=1S/C20H15FS/c21-20(22-19-9-5-2-6-10-19)15-16-11-13-18(14-12-16)17-7-3-1-4-8-17/h1-15H/b20-15+. The highest BCUT2D eigenvalue weighted by molar-refractivity contribution is 8.03. The molecule has 0 aliphatic carbocycles. The van der Waals surface area contributed by atoms with E-state index in [1.807, 2.05) is 72.8 Å². The molecule has 0 N–H and O–H groups in total. The van der Waals surface area contributed by atoms with Gasteiger partial charge < -0.3 is 0 Å². The lowest BCUT2D eigenvalue weighted by Crippen LogP contribution is -1.78. The van der Waals surface area contributed by atoms with Gasteiger partial charge in [0, 0.05) is 4.90 Å². The predicted molar refractivity (Wildman–Crippen MR) is 93.3 cm³/mol. The molecule has 0 unspecified atom stereocenters. The molecular formula is C20H15FS. The lowest BCUT2D eigenvalue weighted by atomic mass is 10.0. The molecule has 0 bridgehead atoms. The van der Waals surface area contributed by atoms with Crippen molar-refractivity contribution in [2.75, 3.05) is 0 Å². The maximum absolute atomic E-state index is 14.0. The van der Waals surface area contributed by atoms with E-state index in [-0.39, 0.29) is 5.16 Å². The van der Waals surface area contributed by atoms with Crippen LogP contribution in [0.1, 0.15) is 5.56 Å². The Morgan fingerprint density at radius 3 is 1.86 bits per heavy atom. The van der Waals surface area contributed by atoms with Crippen molar-refractivity contribution >= 4 is 17.8 Å². The van der Waals surface area contributed by atoms with E-state index in [0.29, 0.717) is 0 Å². The number of benzene rings is 3. The second-order valence-corrected chi connectivity index (χ2v) is 5.92. The van der Waals surface area contributed by atoms with Gasteiger partial charge in [-0.2, -0.15) is 4.39 Å². The monoisotopic (exact) mass is 306 g/mol. The lowest BCUT2D eigenvalue weighted by Gasteiger charge is -2.02. The highest BCUT2D eigenvalue weighted by Gasteiger charge is 2.00. The Morgan fingerprint density at radius 2 is 1.23 bits per heavy atom. The van der Waals surface area contributed by atoms with Crippen LogP contribution in [0.3, 0.4) is 0 Å². The van der Waals surface area contributed by atoms with Gasteiger partial charge in [0.25, 0.3) is 0 Å². The molecule has 0 saturated heterocycles. The van der Waals surface area contributed by atoms with Crippen LogP contribution < -0.4 is 0 Å². The van der Waals surface area contributed by atoms with Crippen molar-refractivity contribution in [2.24, 2.45) is 0 Å². The zero-order valence-electron chi connectivity index (χ0n) is 11.9. The van der Waals surface area contributed by atoms with E-state index < -0.39 is 0 Å². The van der Waals surface area contributed by atoms with Crippen molar-refractivity contribution in [2.45, 2.75) is 4.90 Å². The molecular weight excluding hydrogens is 291 g/mol. The summed E-state index contributed by atoms with van der Waals surface area (Å²) in [6, 6.07) is 27.6.